The normalized spacial score (nSPS) is 10.5. The largest absolute Gasteiger partial charge is 0.495 e. The Morgan fingerprint density at radius 3 is 2.59 bits per heavy atom. The number of nitrogens with zero attached hydrogens (tertiary/aromatic N) is 3. The van der Waals surface area contributed by atoms with Crippen LogP contribution in [0.4, 0.5) is 5.69 Å². The lowest BCUT2D eigenvalue weighted by Crippen LogP contribution is -2.39. The zero-order valence-electron chi connectivity index (χ0n) is 15.3. The van der Waals surface area contributed by atoms with E-state index in [2.05, 4.69) is 6.07 Å². The number of benzene rings is 2. The molecule has 0 bridgehead atoms. The van der Waals surface area contributed by atoms with Gasteiger partial charge in [0.1, 0.15) is 5.75 Å². The first kappa shape index (κ1) is 21.0. The zero-order chi connectivity index (χ0) is 19.8. The summed E-state index contributed by atoms with van der Waals surface area (Å²) in [6, 6.07) is 14.8. The van der Waals surface area contributed by atoms with Crippen molar-refractivity contribution in [1.29, 1.82) is 5.26 Å². The molecule has 2 aromatic carbocycles. The third-order valence-corrected chi connectivity index (χ3v) is 4.70. The number of nitriles is 1. The average molecular weight is 406 g/mol. The molecule has 0 aliphatic carbocycles. The zero-order valence-corrected chi connectivity index (χ0v) is 16.8. The molecule has 27 heavy (non-hydrogen) atoms. The quantitative estimate of drug-likeness (QED) is 0.653. The molecule has 0 aliphatic heterocycles. The molecule has 0 unspecified atom stereocenters. The van der Waals surface area contributed by atoms with E-state index >= 15 is 0 Å². The highest BCUT2D eigenvalue weighted by atomic mass is 35.5. The van der Waals surface area contributed by atoms with E-state index in [9.17, 15) is 4.79 Å². The van der Waals surface area contributed by atoms with Crippen LogP contribution in [-0.4, -0.2) is 38.1 Å². The van der Waals surface area contributed by atoms with Crippen molar-refractivity contribution in [2.45, 2.75) is 13.0 Å². The van der Waals surface area contributed by atoms with Gasteiger partial charge in [-0.15, -0.1) is 0 Å². The third-order valence-electron chi connectivity index (χ3n) is 3.97. The van der Waals surface area contributed by atoms with Crippen molar-refractivity contribution < 1.29 is 9.53 Å². The molecule has 2 rings (SSSR count). The van der Waals surface area contributed by atoms with Crippen LogP contribution in [0, 0.1) is 11.3 Å². The lowest BCUT2D eigenvalue weighted by Gasteiger charge is -2.26. The molecular formula is C20H21Cl2N3O2. The maximum atomic E-state index is 12.9. The van der Waals surface area contributed by atoms with Gasteiger partial charge in [0.05, 0.1) is 41.9 Å². The lowest BCUT2D eigenvalue weighted by molar-refractivity contribution is -0.119. The van der Waals surface area contributed by atoms with Gasteiger partial charge in [-0.3, -0.25) is 9.69 Å². The second-order valence-corrected chi connectivity index (χ2v) is 6.86. The number of anilines is 1. The number of rotatable bonds is 8. The number of amides is 1. The molecule has 2 aromatic rings. The van der Waals surface area contributed by atoms with Gasteiger partial charge >= 0.3 is 0 Å². The van der Waals surface area contributed by atoms with Gasteiger partial charge in [-0.1, -0.05) is 41.4 Å². The smallest absolute Gasteiger partial charge is 0.241 e. The molecule has 5 nitrogen and oxygen atoms in total. The van der Waals surface area contributed by atoms with Crippen molar-refractivity contribution in [3.63, 3.8) is 0 Å². The van der Waals surface area contributed by atoms with E-state index in [1.54, 1.807) is 30.2 Å². The van der Waals surface area contributed by atoms with Gasteiger partial charge < -0.3 is 9.64 Å². The number of likely N-dealkylation sites (N-methyl/N-ethyl adjacent to an activating group) is 1. The Balaban J connectivity index is 2.12. The predicted octanol–water partition coefficient (Wildman–Crippen LogP) is 4.38. The highest BCUT2D eigenvalue weighted by molar-refractivity contribution is 6.42. The minimum atomic E-state index is -0.114. The number of methoxy groups -OCH3 is 1. The number of hydrogen-bond donors (Lipinski definition) is 0. The third kappa shape index (κ3) is 5.86. The molecule has 0 radical (unpaired) electrons. The number of carbonyl (C=O) groups excluding carboxylic acids is 1. The molecule has 142 valence electrons. The molecule has 0 aromatic heterocycles. The molecule has 1 amide bonds. The highest BCUT2D eigenvalue weighted by Gasteiger charge is 2.20. The van der Waals surface area contributed by atoms with Crippen LogP contribution in [0.5, 0.6) is 5.75 Å². The monoisotopic (exact) mass is 405 g/mol. The molecule has 0 saturated heterocycles. The average Bonchev–Trinajstić information content (AvgIpc) is 2.65. The van der Waals surface area contributed by atoms with E-state index in [1.807, 2.05) is 36.2 Å². The van der Waals surface area contributed by atoms with Gasteiger partial charge in [0.2, 0.25) is 5.91 Å². The van der Waals surface area contributed by atoms with E-state index in [4.69, 9.17) is 33.2 Å². The minimum absolute atomic E-state index is 0.114. The number of ether oxygens (including phenoxy) is 1. The molecule has 7 heteroatoms. The Hall–Kier alpha value is -2.26. The van der Waals surface area contributed by atoms with E-state index in [1.165, 1.54) is 0 Å². The van der Waals surface area contributed by atoms with Crippen molar-refractivity contribution in [3.05, 3.63) is 58.1 Å². The summed E-state index contributed by atoms with van der Waals surface area (Å²) in [4.78, 5) is 16.4. The Morgan fingerprint density at radius 1 is 1.19 bits per heavy atom. The summed E-state index contributed by atoms with van der Waals surface area (Å²) in [5.41, 5.74) is 1.61. The van der Waals surface area contributed by atoms with Crippen LogP contribution < -0.4 is 9.64 Å². The van der Waals surface area contributed by atoms with E-state index in [0.29, 0.717) is 34.6 Å². The molecule has 0 heterocycles. The highest BCUT2D eigenvalue weighted by Crippen LogP contribution is 2.28. The maximum absolute atomic E-state index is 12.9. The van der Waals surface area contributed by atoms with Crippen LogP contribution >= 0.6 is 23.2 Å². The van der Waals surface area contributed by atoms with Crippen molar-refractivity contribution >= 4 is 34.8 Å². The van der Waals surface area contributed by atoms with E-state index < -0.39 is 0 Å². The van der Waals surface area contributed by atoms with Gasteiger partial charge in [-0.2, -0.15) is 5.26 Å². The molecule has 0 atom stereocenters. The summed E-state index contributed by atoms with van der Waals surface area (Å²) in [6.07, 6.45) is 0.236. The number of carbonyl (C=O) groups is 1. The van der Waals surface area contributed by atoms with Gasteiger partial charge in [0, 0.05) is 13.1 Å². The summed E-state index contributed by atoms with van der Waals surface area (Å²) in [5, 5.41) is 9.93. The van der Waals surface area contributed by atoms with Gasteiger partial charge in [0.15, 0.2) is 0 Å². The summed E-state index contributed by atoms with van der Waals surface area (Å²) >= 11 is 12.0. The van der Waals surface area contributed by atoms with Crippen LogP contribution in [0.25, 0.3) is 0 Å². The lowest BCUT2D eigenvalue weighted by atomic mass is 10.2. The van der Waals surface area contributed by atoms with Crippen LogP contribution in [0.15, 0.2) is 42.5 Å². The second-order valence-electron chi connectivity index (χ2n) is 6.05. The first-order valence-electron chi connectivity index (χ1n) is 8.39. The molecule has 0 aliphatic rings. The number of para-hydroxylation sites is 2. The molecular weight excluding hydrogens is 385 g/mol. The fraction of sp³-hybridized carbons (Fsp3) is 0.300. The molecule has 0 saturated carbocycles. The molecule has 0 fully saturated rings. The number of halogens is 2. The first-order valence-corrected chi connectivity index (χ1v) is 9.14. The SMILES string of the molecule is COc1ccccc1N(CCC#N)C(=O)CN(C)Cc1ccc(Cl)c(Cl)c1. The Labute approximate surface area is 169 Å². The standard InChI is InChI=1S/C20H21Cl2N3O2/c1-24(13-15-8-9-16(21)17(22)12-15)14-20(26)25(11-5-10-23)18-6-3-4-7-19(18)27-2/h3-4,6-9,12H,5,11,13-14H2,1-2H3. The molecule has 0 spiro atoms. The Kier molecular flexibility index (Phi) is 7.93. The minimum Gasteiger partial charge on any atom is -0.495 e. The predicted molar refractivity (Wildman–Crippen MR) is 108 cm³/mol. The van der Waals surface area contributed by atoms with Gasteiger partial charge in [-0.05, 0) is 36.9 Å². The van der Waals surface area contributed by atoms with E-state index in [0.717, 1.165) is 5.56 Å². The second kappa shape index (κ2) is 10.2. The summed E-state index contributed by atoms with van der Waals surface area (Å²) in [5.74, 6) is 0.480. The van der Waals surface area contributed by atoms with E-state index in [-0.39, 0.29) is 18.9 Å². The Morgan fingerprint density at radius 2 is 1.93 bits per heavy atom. The summed E-state index contributed by atoms with van der Waals surface area (Å²) in [6.45, 7) is 1.03. The fourth-order valence-corrected chi connectivity index (χ4v) is 3.04. The fourth-order valence-electron chi connectivity index (χ4n) is 2.72. The van der Waals surface area contributed by atoms with Gasteiger partial charge in [-0.25, -0.2) is 0 Å². The van der Waals surface area contributed by atoms with Crippen molar-refractivity contribution in [2.24, 2.45) is 0 Å². The summed E-state index contributed by atoms with van der Waals surface area (Å²) in [7, 11) is 3.41. The van der Waals surface area contributed by atoms with Crippen molar-refractivity contribution in [1.82, 2.24) is 4.90 Å². The number of hydrogen-bond acceptors (Lipinski definition) is 4. The van der Waals surface area contributed by atoms with Crippen molar-refractivity contribution in [2.75, 3.05) is 32.1 Å². The first-order chi connectivity index (χ1) is 13.0. The van der Waals surface area contributed by atoms with Crippen LogP contribution in [-0.2, 0) is 11.3 Å². The summed E-state index contributed by atoms with van der Waals surface area (Å²) < 4.78 is 5.36. The van der Waals surface area contributed by atoms with Crippen LogP contribution in [0.3, 0.4) is 0 Å². The maximum Gasteiger partial charge on any atom is 0.241 e. The van der Waals surface area contributed by atoms with Crippen LogP contribution in [0.1, 0.15) is 12.0 Å². The van der Waals surface area contributed by atoms with Crippen LogP contribution in [0.2, 0.25) is 10.0 Å². The molecule has 0 N–H and O–H groups in total. The van der Waals surface area contributed by atoms with Crippen molar-refractivity contribution in [3.8, 4) is 11.8 Å². The Bertz CT molecular complexity index is 836. The van der Waals surface area contributed by atoms with Gasteiger partial charge in [0.25, 0.3) is 0 Å². The topological polar surface area (TPSA) is 56.6 Å².